The zero-order valence-electron chi connectivity index (χ0n) is 17.2. The van der Waals surface area contributed by atoms with Gasteiger partial charge in [0.05, 0.1) is 13.7 Å². The summed E-state index contributed by atoms with van der Waals surface area (Å²) in [6, 6.07) is 22.1. The third-order valence-electron chi connectivity index (χ3n) is 4.50. The average molecular weight is 392 g/mol. The van der Waals surface area contributed by atoms with Crippen molar-refractivity contribution in [2.24, 2.45) is 0 Å². The Bertz CT molecular complexity index is 901. The van der Waals surface area contributed by atoms with Gasteiger partial charge in [-0.3, -0.25) is 9.69 Å². The average Bonchev–Trinajstić information content (AvgIpc) is 3.17. The normalized spacial score (nSPS) is 11.1. The third-order valence-corrected chi connectivity index (χ3v) is 4.50. The molecule has 0 radical (unpaired) electrons. The molecule has 1 N–H and O–H groups in total. The molecule has 3 rings (SSSR count). The molecule has 3 aromatic rings. The zero-order chi connectivity index (χ0) is 20.6. The Morgan fingerprint density at radius 2 is 1.59 bits per heavy atom. The molecule has 0 atom stereocenters. The highest BCUT2D eigenvalue weighted by molar-refractivity contribution is 5.91. The number of hydrogen-bond acceptors (Lipinski definition) is 4. The van der Waals surface area contributed by atoms with E-state index in [2.05, 4.69) is 34.5 Å². The highest BCUT2D eigenvalue weighted by Gasteiger charge is 2.15. The van der Waals surface area contributed by atoms with Crippen LogP contribution in [-0.4, -0.2) is 24.0 Å². The van der Waals surface area contributed by atoms with Crippen LogP contribution in [0.1, 0.15) is 41.3 Å². The number of ether oxygens (including phenoxy) is 1. The molecule has 0 aliphatic heterocycles. The number of benzene rings is 2. The first kappa shape index (κ1) is 20.7. The first-order chi connectivity index (χ1) is 14.0. The second-order valence-electron chi connectivity index (χ2n) is 7.37. The van der Waals surface area contributed by atoms with Gasteiger partial charge in [0.25, 0.3) is 5.91 Å². The van der Waals surface area contributed by atoms with Crippen LogP contribution in [0.4, 0.5) is 0 Å². The third kappa shape index (κ3) is 6.22. The lowest BCUT2D eigenvalue weighted by atomic mass is 10.1. The van der Waals surface area contributed by atoms with E-state index in [0.717, 1.165) is 24.6 Å². The molecule has 2 aromatic carbocycles. The summed E-state index contributed by atoms with van der Waals surface area (Å²) in [5, 5.41) is 2.86. The first-order valence-corrected chi connectivity index (χ1v) is 9.82. The van der Waals surface area contributed by atoms with Gasteiger partial charge < -0.3 is 14.5 Å². The summed E-state index contributed by atoms with van der Waals surface area (Å²) < 4.78 is 11.1. The largest absolute Gasteiger partial charge is 0.497 e. The maximum atomic E-state index is 12.2. The number of amides is 1. The molecule has 1 heterocycles. The number of methoxy groups -OCH3 is 1. The summed E-state index contributed by atoms with van der Waals surface area (Å²) >= 11 is 0. The smallest absolute Gasteiger partial charge is 0.287 e. The van der Waals surface area contributed by atoms with E-state index in [-0.39, 0.29) is 11.9 Å². The molecule has 0 bridgehead atoms. The van der Waals surface area contributed by atoms with Gasteiger partial charge in [-0.05, 0) is 49.2 Å². The lowest BCUT2D eigenvalue weighted by molar-refractivity contribution is 0.0910. The predicted molar refractivity (Wildman–Crippen MR) is 114 cm³/mol. The Kier molecular flexibility index (Phi) is 7.09. The van der Waals surface area contributed by atoms with Crippen molar-refractivity contribution in [3.05, 3.63) is 89.4 Å². The Morgan fingerprint density at radius 1 is 0.931 bits per heavy atom. The topological polar surface area (TPSA) is 54.7 Å². The van der Waals surface area contributed by atoms with Crippen LogP contribution in [0.25, 0.3) is 0 Å². The van der Waals surface area contributed by atoms with Crippen LogP contribution in [0.2, 0.25) is 0 Å². The Morgan fingerprint density at radius 3 is 2.21 bits per heavy atom. The summed E-state index contributed by atoms with van der Waals surface area (Å²) in [4.78, 5) is 14.5. The van der Waals surface area contributed by atoms with E-state index in [1.165, 1.54) is 11.1 Å². The maximum Gasteiger partial charge on any atom is 0.287 e. The summed E-state index contributed by atoms with van der Waals surface area (Å²) in [5.74, 6) is 1.77. The first-order valence-electron chi connectivity index (χ1n) is 9.82. The van der Waals surface area contributed by atoms with Gasteiger partial charge in [-0.2, -0.15) is 0 Å². The summed E-state index contributed by atoms with van der Waals surface area (Å²) in [6.45, 7) is 6.00. The SMILES string of the molecule is COc1ccc(CN(Cc2ccccc2)Cc2ccc(C(=O)NC(C)C)o2)cc1. The Hall–Kier alpha value is -3.05. The lowest BCUT2D eigenvalue weighted by Gasteiger charge is -2.21. The molecule has 1 amide bonds. The number of nitrogens with one attached hydrogen (secondary N) is 1. The minimum Gasteiger partial charge on any atom is -0.497 e. The summed E-state index contributed by atoms with van der Waals surface area (Å²) in [5.41, 5.74) is 2.41. The number of rotatable bonds is 9. The fourth-order valence-corrected chi connectivity index (χ4v) is 3.14. The number of nitrogens with zero attached hydrogens (tertiary/aromatic N) is 1. The fraction of sp³-hybridized carbons (Fsp3) is 0.292. The molecule has 152 valence electrons. The monoisotopic (exact) mass is 392 g/mol. The highest BCUT2D eigenvalue weighted by Crippen LogP contribution is 2.18. The van der Waals surface area contributed by atoms with Gasteiger partial charge in [0.2, 0.25) is 0 Å². The minimum absolute atomic E-state index is 0.0701. The number of furan rings is 1. The molecule has 5 heteroatoms. The predicted octanol–water partition coefficient (Wildman–Crippen LogP) is 4.63. The van der Waals surface area contributed by atoms with Gasteiger partial charge in [-0.1, -0.05) is 42.5 Å². The van der Waals surface area contributed by atoms with Crippen molar-refractivity contribution in [2.45, 2.75) is 39.5 Å². The standard InChI is InChI=1S/C24H28N2O3/c1-18(2)25-24(27)23-14-13-22(29-23)17-26(15-19-7-5-4-6-8-19)16-20-9-11-21(28-3)12-10-20/h4-14,18H,15-17H2,1-3H3,(H,25,27). The number of carbonyl (C=O) groups is 1. The van der Waals surface area contributed by atoms with E-state index in [1.807, 2.05) is 50.2 Å². The quantitative estimate of drug-likeness (QED) is 0.577. The van der Waals surface area contributed by atoms with Gasteiger partial charge in [0, 0.05) is 19.1 Å². The molecule has 0 saturated heterocycles. The van der Waals surface area contributed by atoms with E-state index in [4.69, 9.17) is 9.15 Å². The number of carbonyl (C=O) groups excluding carboxylic acids is 1. The van der Waals surface area contributed by atoms with Gasteiger partial charge in [-0.25, -0.2) is 0 Å². The van der Waals surface area contributed by atoms with Crippen molar-refractivity contribution in [1.29, 1.82) is 0 Å². The van der Waals surface area contributed by atoms with Crippen molar-refractivity contribution in [1.82, 2.24) is 10.2 Å². The molecule has 0 spiro atoms. The van der Waals surface area contributed by atoms with E-state index < -0.39 is 0 Å². The van der Waals surface area contributed by atoms with Crippen molar-refractivity contribution in [3.63, 3.8) is 0 Å². The van der Waals surface area contributed by atoms with Gasteiger partial charge in [0.1, 0.15) is 11.5 Å². The molecular formula is C24H28N2O3. The highest BCUT2D eigenvalue weighted by atomic mass is 16.5. The van der Waals surface area contributed by atoms with Crippen LogP contribution >= 0.6 is 0 Å². The van der Waals surface area contributed by atoms with Crippen molar-refractivity contribution in [3.8, 4) is 5.75 Å². The van der Waals surface area contributed by atoms with Gasteiger partial charge >= 0.3 is 0 Å². The fourth-order valence-electron chi connectivity index (χ4n) is 3.14. The van der Waals surface area contributed by atoms with E-state index in [1.54, 1.807) is 13.2 Å². The Balaban J connectivity index is 1.73. The second kappa shape index (κ2) is 9.94. The molecule has 29 heavy (non-hydrogen) atoms. The maximum absolute atomic E-state index is 12.2. The van der Waals surface area contributed by atoms with Crippen LogP contribution in [0, 0.1) is 0 Å². The van der Waals surface area contributed by atoms with E-state index in [0.29, 0.717) is 12.3 Å². The van der Waals surface area contributed by atoms with Crippen molar-refractivity contribution < 1.29 is 13.9 Å². The molecule has 0 aliphatic carbocycles. The zero-order valence-corrected chi connectivity index (χ0v) is 17.2. The number of hydrogen-bond donors (Lipinski definition) is 1. The van der Waals surface area contributed by atoms with Crippen LogP contribution < -0.4 is 10.1 Å². The lowest BCUT2D eigenvalue weighted by Crippen LogP contribution is -2.29. The molecule has 0 aliphatic rings. The van der Waals surface area contributed by atoms with Gasteiger partial charge in [-0.15, -0.1) is 0 Å². The molecule has 0 unspecified atom stereocenters. The Labute approximate surface area is 172 Å². The molecule has 1 aromatic heterocycles. The van der Waals surface area contributed by atoms with Crippen LogP contribution in [0.3, 0.4) is 0 Å². The minimum atomic E-state index is -0.184. The van der Waals surface area contributed by atoms with Crippen molar-refractivity contribution >= 4 is 5.91 Å². The molecule has 0 fully saturated rings. The molecular weight excluding hydrogens is 364 g/mol. The van der Waals surface area contributed by atoms with Crippen LogP contribution in [0.5, 0.6) is 5.75 Å². The van der Waals surface area contributed by atoms with Crippen LogP contribution in [0.15, 0.2) is 71.1 Å². The van der Waals surface area contributed by atoms with E-state index in [9.17, 15) is 4.79 Å². The summed E-state index contributed by atoms with van der Waals surface area (Å²) in [7, 11) is 1.67. The summed E-state index contributed by atoms with van der Waals surface area (Å²) in [6.07, 6.45) is 0. The van der Waals surface area contributed by atoms with E-state index >= 15 is 0 Å². The molecule has 0 saturated carbocycles. The molecule has 5 nitrogen and oxygen atoms in total. The van der Waals surface area contributed by atoms with Gasteiger partial charge in [0.15, 0.2) is 5.76 Å². The van der Waals surface area contributed by atoms with Crippen molar-refractivity contribution in [2.75, 3.05) is 7.11 Å². The van der Waals surface area contributed by atoms with Crippen LogP contribution in [-0.2, 0) is 19.6 Å². The second-order valence-corrected chi connectivity index (χ2v) is 7.37.